The predicted octanol–water partition coefficient (Wildman–Crippen LogP) is 13.3. The number of alkyl halides is 2. The van der Waals surface area contributed by atoms with E-state index < -0.39 is 8.65 Å². The quantitative estimate of drug-likeness (QED) is 0.263. The molecule has 5 rings (SSSR count). The molecule has 38 heavy (non-hydrogen) atoms. The van der Waals surface area contributed by atoms with Crippen molar-refractivity contribution in [2.45, 2.75) is 36.3 Å². The van der Waals surface area contributed by atoms with Crippen LogP contribution in [0.25, 0.3) is 11.1 Å². The molecule has 2 aromatic carbocycles. The number of fused-ring (bicyclic) bond motifs is 3. The molecule has 3 aliphatic rings. The number of halogens is 8. The number of hydrogen-bond donors (Lipinski definition) is 0. The second-order valence-electron chi connectivity index (χ2n) is 9.89. The summed E-state index contributed by atoms with van der Waals surface area (Å²) in [5.74, 6) is 0. The largest absolute Gasteiger partial charge is 0.0938 e. The molecule has 3 aliphatic carbocycles. The van der Waals surface area contributed by atoms with Gasteiger partial charge in [-0.2, -0.15) is 0 Å². The van der Waals surface area contributed by atoms with Gasteiger partial charge in [-0.3, -0.25) is 0 Å². The van der Waals surface area contributed by atoms with Crippen LogP contribution in [0.2, 0.25) is 0 Å². The molecule has 0 spiro atoms. The highest BCUT2D eigenvalue weighted by atomic mass is 79.9. The van der Waals surface area contributed by atoms with Crippen molar-refractivity contribution in [3.63, 3.8) is 0 Å². The summed E-state index contributed by atoms with van der Waals surface area (Å²) in [6.07, 6.45) is 9.05. The first-order valence-corrected chi connectivity index (χ1v) is 18.0. The lowest BCUT2D eigenvalue weighted by Crippen LogP contribution is -2.50. The molecule has 2 aromatic rings. The third-order valence-electron chi connectivity index (χ3n) is 6.92. The maximum absolute atomic E-state index is 4.32. The van der Waals surface area contributed by atoms with E-state index in [-0.39, 0.29) is 0 Å². The Hall–Kier alpha value is 0.720. The van der Waals surface area contributed by atoms with Gasteiger partial charge in [0.2, 0.25) is 0 Å². The lowest BCUT2D eigenvalue weighted by Gasteiger charge is -2.51. The van der Waals surface area contributed by atoms with Crippen LogP contribution >= 0.6 is 127 Å². The molecule has 0 heterocycles. The van der Waals surface area contributed by atoms with Crippen LogP contribution in [0.15, 0.2) is 97.7 Å². The first-order valence-electron chi connectivity index (χ1n) is 11.6. The smallest absolute Gasteiger partial charge is 0.0732 e. The highest BCUT2D eigenvalue weighted by Gasteiger charge is 2.58. The fourth-order valence-electron chi connectivity index (χ4n) is 5.55. The van der Waals surface area contributed by atoms with Crippen molar-refractivity contribution in [1.29, 1.82) is 0 Å². The summed E-state index contributed by atoms with van der Waals surface area (Å²) >= 11 is 32.5. The number of rotatable bonds is 2. The molecule has 0 aliphatic heterocycles. The predicted molar refractivity (Wildman–Crippen MR) is 192 cm³/mol. The molecular formula is C30H20Br8. The van der Waals surface area contributed by atoms with E-state index in [0.717, 1.165) is 60.3 Å². The van der Waals surface area contributed by atoms with Crippen molar-refractivity contribution < 1.29 is 0 Å². The van der Waals surface area contributed by atoms with Crippen LogP contribution in [0.1, 0.15) is 36.1 Å². The van der Waals surface area contributed by atoms with Gasteiger partial charge in [-0.1, -0.05) is 151 Å². The number of benzene rings is 2. The summed E-state index contributed by atoms with van der Waals surface area (Å²) in [6, 6.07) is 8.72. The van der Waals surface area contributed by atoms with Gasteiger partial charge in [0.1, 0.15) is 0 Å². The molecule has 0 saturated heterocycles. The van der Waals surface area contributed by atoms with Gasteiger partial charge in [0.15, 0.2) is 0 Å². The summed E-state index contributed by atoms with van der Waals surface area (Å²) in [5.41, 5.74) is 11.4. The Morgan fingerprint density at radius 3 is 1.08 bits per heavy atom. The van der Waals surface area contributed by atoms with Crippen LogP contribution in [0.5, 0.6) is 0 Å². The first-order chi connectivity index (χ1) is 17.7. The number of allylic oxidation sites excluding steroid dienone is 12. The van der Waals surface area contributed by atoms with Crippen molar-refractivity contribution in [3.05, 3.63) is 120 Å². The highest BCUT2D eigenvalue weighted by molar-refractivity contribution is 9.14. The molecule has 2 unspecified atom stereocenters. The topological polar surface area (TPSA) is 0 Å². The van der Waals surface area contributed by atoms with E-state index in [4.69, 9.17) is 0 Å². The summed E-state index contributed by atoms with van der Waals surface area (Å²) < 4.78 is 4.99. The van der Waals surface area contributed by atoms with Gasteiger partial charge in [0.05, 0.1) is 8.65 Å². The van der Waals surface area contributed by atoms with Gasteiger partial charge in [-0.15, -0.1) is 0 Å². The van der Waals surface area contributed by atoms with E-state index in [9.17, 15) is 0 Å². The summed E-state index contributed by atoms with van der Waals surface area (Å²) in [5, 5.41) is 0. The van der Waals surface area contributed by atoms with Crippen molar-refractivity contribution >= 4 is 139 Å². The molecule has 2 atom stereocenters. The van der Waals surface area contributed by atoms with Crippen molar-refractivity contribution in [1.82, 2.24) is 0 Å². The average molecular weight is 1020 g/mol. The maximum atomic E-state index is 4.32. The molecule has 196 valence electrons. The second-order valence-corrected chi connectivity index (χ2v) is 17.5. The van der Waals surface area contributed by atoms with Gasteiger partial charge >= 0.3 is 0 Å². The fourth-order valence-corrected chi connectivity index (χ4v) is 13.6. The Kier molecular flexibility index (Phi) is 8.56. The van der Waals surface area contributed by atoms with Crippen molar-refractivity contribution in [3.8, 4) is 0 Å². The molecule has 0 N–H and O–H groups in total. The minimum atomic E-state index is -0.589. The zero-order valence-corrected chi connectivity index (χ0v) is 33.3. The molecule has 0 fully saturated rings. The van der Waals surface area contributed by atoms with E-state index in [1.54, 1.807) is 0 Å². The zero-order valence-electron chi connectivity index (χ0n) is 20.6. The molecule has 0 amide bonds. The standard InChI is InChI=1S/C30H20Br8/c1-13-5-17(31)23(18(32)6-13)25-26(24-19(33)7-14(2)8-20(24)34)28-22(36)10-16(4)12-30(28,38)29(37)11-15(3)9-21(35)27(25)29/h5-12H,1-4H3. The maximum Gasteiger partial charge on any atom is 0.0938 e. The van der Waals surface area contributed by atoms with E-state index in [1.165, 1.54) is 22.3 Å². The highest BCUT2D eigenvalue weighted by Crippen LogP contribution is 2.67. The van der Waals surface area contributed by atoms with Gasteiger partial charge in [-0.05, 0) is 97.5 Å². The molecule has 0 radical (unpaired) electrons. The van der Waals surface area contributed by atoms with Crippen LogP contribution in [0.3, 0.4) is 0 Å². The second kappa shape index (κ2) is 10.8. The third-order valence-corrected chi connectivity index (χ3v) is 13.7. The summed E-state index contributed by atoms with van der Waals surface area (Å²) in [4.78, 5) is 0. The lowest BCUT2D eigenvalue weighted by atomic mass is 9.65. The molecule has 8 heteroatoms. The summed E-state index contributed by atoms with van der Waals surface area (Å²) in [6.45, 7) is 8.51. The molecular weight excluding hydrogens is 1000 g/mol. The van der Waals surface area contributed by atoms with Crippen LogP contribution < -0.4 is 0 Å². The van der Waals surface area contributed by atoms with Gasteiger partial charge in [-0.25, -0.2) is 0 Å². The van der Waals surface area contributed by atoms with Gasteiger partial charge in [0, 0.05) is 38.0 Å². The molecule has 0 saturated carbocycles. The zero-order chi connectivity index (χ0) is 27.9. The van der Waals surface area contributed by atoms with Crippen LogP contribution in [0.4, 0.5) is 0 Å². The van der Waals surface area contributed by atoms with E-state index in [2.05, 4.69) is 204 Å². The van der Waals surface area contributed by atoms with Crippen LogP contribution in [-0.4, -0.2) is 8.65 Å². The Morgan fingerprint density at radius 1 is 0.500 bits per heavy atom. The third kappa shape index (κ3) is 4.71. The van der Waals surface area contributed by atoms with E-state index in [0.29, 0.717) is 0 Å². The Labute approximate surface area is 291 Å². The molecule has 0 bridgehead atoms. The van der Waals surface area contributed by atoms with E-state index >= 15 is 0 Å². The van der Waals surface area contributed by atoms with Crippen molar-refractivity contribution in [2.24, 2.45) is 0 Å². The minimum Gasteiger partial charge on any atom is -0.0732 e. The summed E-state index contributed by atoms with van der Waals surface area (Å²) in [7, 11) is 0. The van der Waals surface area contributed by atoms with Crippen molar-refractivity contribution in [2.75, 3.05) is 0 Å². The Bertz CT molecular complexity index is 1460. The average Bonchev–Trinajstić information content (AvgIpc) is 2.73. The molecule has 0 nitrogen and oxygen atoms in total. The minimum absolute atomic E-state index is 0.589. The van der Waals surface area contributed by atoms with Gasteiger partial charge in [0.25, 0.3) is 0 Å². The SMILES string of the molecule is CC1=CC2(Br)C(=C(c3c(Br)cc(C)cc3Br)C(c3c(Br)cc(C)cc3Br)=C3C(Br)=CC(C)=CC32Br)C(Br)=C1. The fraction of sp³-hybridized carbons (Fsp3) is 0.200. The Morgan fingerprint density at radius 2 is 0.789 bits per heavy atom. The van der Waals surface area contributed by atoms with Crippen LogP contribution in [0, 0.1) is 13.8 Å². The monoisotopic (exact) mass is 1010 g/mol. The van der Waals surface area contributed by atoms with Crippen LogP contribution in [-0.2, 0) is 0 Å². The molecule has 0 aromatic heterocycles. The Balaban J connectivity index is 2.10. The van der Waals surface area contributed by atoms with Gasteiger partial charge < -0.3 is 0 Å². The van der Waals surface area contributed by atoms with E-state index in [1.807, 2.05) is 0 Å². The first kappa shape index (κ1) is 30.2. The normalized spacial score (nSPS) is 24.9. The number of hydrogen-bond acceptors (Lipinski definition) is 0. The lowest BCUT2D eigenvalue weighted by molar-refractivity contribution is 0.730. The number of aryl methyl sites for hydroxylation is 2.